The quantitative estimate of drug-likeness (QED) is 0.430. The molecule has 0 aliphatic carbocycles. The number of hydrogen-bond acceptors (Lipinski definition) is 4. The number of hydrogen-bond donors (Lipinski definition) is 0. The van der Waals surface area contributed by atoms with E-state index >= 15 is 0 Å². The first kappa shape index (κ1) is 21.5. The zero-order valence-electron chi connectivity index (χ0n) is 17.8. The molecule has 1 saturated heterocycles. The van der Waals surface area contributed by atoms with Gasteiger partial charge in [-0.1, -0.05) is 30.3 Å². The molecule has 1 aromatic heterocycles. The van der Waals surface area contributed by atoms with Crippen molar-refractivity contribution < 1.29 is 17.6 Å². The van der Waals surface area contributed by atoms with E-state index in [9.17, 15) is 17.6 Å². The fraction of sp³-hybridized carbons (Fsp3) is 0.200. The third-order valence-corrected chi connectivity index (χ3v) is 7.95. The number of fused-ring (bicyclic) bond motifs is 3. The Bertz CT molecular complexity index is 1460. The minimum absolute atomic E-state index is 0.0494. The summed E-state index contributed by atoms with van der Waals surface area (Å²) in [5.41, 5.74) is 1.15. The van der Waals surface area contributed by atoms with Gasteiger partial charge in [-0.15, -0.1) is 0 Å². The first-order valence-corrected chi connectivity index (χ1v) is 12.2. The van der Waals surface area contributed by atoms with Crippen LogP contribution in [-0.2, 0) is 10.0 Å². The molecule has 2 heterocycles. The zero-order valence-corrected chi connectivity index (χ0v) is 18.6. The van der Waals surface area contributed by atoms with Gasteiger partial charge in [0.2, 0.25) is 10.0 Å². The van der Waals surface area contributed by atoms with Crippen molar-refractivity contribution in [1.82, 2.24) is 14.2 Å². The summed E-state index contributed by atoms with van der Waals surface area (Å²) in [6, 6.07) is 18.4. The average Bonchev–Trinajstić information content (AvgIpc) is 3.10. The first-order valence-electron chi connectivity index (χ1n) is 10.8. The Morgan fingerprint density at radius 1 is 0.879 bits per heavy atom. The van der Waals surface area contributed by atoms with Crippen LogP contribution in [0.2, 0.25) is 0 Å². The molecule has 33 heavy (non-hydrogen) atoms. The monoisotopic (exact) mass is 463 g/mol. The first-order chi connectivity index (χ1) is 15.9. The van der Waals surface area contributed by atoms with Gasteiger partial charge in [-0.25, -0.2) is 12.8 Å². The van der Waals surface area contributed by atoms with Gasteiger partial charge in [0.1, 0.15) is 5.82 Å². The number of pyridine rings is 1. The van der Waals surface area contributed by atoms with Crippen LogP contribution in [0.1, 0.15) is 16.8 Å². The second kappa shape index (κ2) is 8.53. The average molecular weight is 464 g/mol. The van der Waals surface area contributed by atoms with Crippen LogP contribution in [0.15, 0.2) is 77.8 Å². The van der Waals surface area contributed by atoms with Crippen LogP contribution in [0.25, 0.3) is 21.7 Å². The molecular formula is C25H22FN3O3S. The summed E-state index contributed by atoms with van der Waals surface area (Å²) < 4.78 is 40.6. The van der Waals surface area contributed by atoms with E-state index in [1.165, 1.54) is 16.4 Å². The van der Waals surface area contributed by atoms with Gasteiger partial charge in [-0.2, -0.15) is 4.31 Å². The molecule has 0 N–H and O–H groups in total. The molecule has 0 bridgehead atoms. The lowest BCUT2D eigenvalue weighted by molar-refractivity contribution is 0.0766. The van der Waals surface area contributed by atoms with Crippen molar-refractivity contribution in [2.24, 2.45) is 0 Å². The fourth-order valence-corrected chi connectivity index (χ4v) is 5.83. The number of sulfonamides is 1. The lowest BCUT2D eigenvalue weighted by atomic mass is 10.00. The van der Waals surface area contributed by atoms with E-state index in [2.05, 4.69) is 4.98 Å². The molecule has 0 unspecified atom stereocenters. The highest BCUT2D eigenvalue weighted by Crippen LogP contribution is 2.28. The van der Waals surface area contributed by atoms with Gasteiger partial charge in [0, 0.05) is 37.8 Å². The predicted molar refractivity (Wildman–Crippen MR) is 125 cm³/mol. The molecule has 5 rings (SSSR count). The van der Waals surface area contributed by atoms with Crippen LogP contribution >= 0.6 is 0 Å². The van der Waals surface area contributed by atoms with Crippen molar-refractivity contribution >= 4 is 37.6 Å². The summed E-state index contributed by atoms with van der Waals surface area (Å²) in [4.78, 5) is 19.8. The molecule has 0 spiro atoms. The standard InChI is InChI=1S/C25H22FN3O3S/c26-19-8-10-20(11-9-19)33(31,32)29-14-4-13-28(15-16-29)25(30)23-17-18-5-1-2-6-21(18)22-7-3-12-27-24(22)23/h1-3,5-12,17H,4,13-16H2. The number of halogens is 1. The van der Waals surface area contributed by atoms with E-state index in [1.807, 2.05) is 42.5 Å². The van der Waals surface area contributed by atoms with Gasteiger partial charge in [-0.3, -0.25) is 9.78 Å². The van der Waals surface area contributed by atoms with E-state index in [0.717, 1.165) is 28.3 Å². The fourth-order valence-electron chi connectivity index (χ4n) is 4.36. The molecule has 3 aromatic carbocycles. The highest BCUT2D eigenvalue weighted by molar-refractivity contribution is 7.89. The van der Waals surface area contributed by atoms with Gasteiger partial charge in [0.15, 0.2) is 0 Å². The number of aromatic nitrogens is 1. The van der Waals surface area contributed by atoms with Crippen LogP contribution in [0.5, 0.6) is 0 Å². The molecule has 1 fully saturated rings. The van der Waals surface area contributed by atoms with Crippen molar-refractivity contribution in [3.05, 3.63) is 84.3 Å². The van der Waals surface area contributed by atoms with Gasteiger partial charge in [0.25, 0.3) is 5.91 Å². The SMILES string of the molecule is O=C(c1cc2ccccc2c2cccnc12)N1CCCN(S(=O)(=O)c2ccc(F)cc2)CC1. The topological polar surface area (TPSA) is 70.6 Å². The minimum atomic E-state index is -3.76. The molecule has 4 aromatic rings. The van der Waals surface area contributed by atoms with Crippen molar-refractivity contribution in [2.45, 2.75) is 11.3 Å². The Balaban J connectivity index is 1.44. The third-order valence-electron chi connectivity index (χ3n) is 6.04. The molecular weight excluding hydrogens is 441 g/mol. The molecule has 0 saturated carbocycles. The van der Waals surface area contributed by atoms with Crippen molar-refractivity contribution in [3.8, 4) is 0 Å². The highest BCUT2D eigenvalue weighted by Gasteiger charge is 2.29. The van der Waals surface area contributed by atoms with Crippen LogP contribution in [0, 0.1) is 5.82 Å². The number of carbonyl (C=O) groups is 1. The van der Waals surface area contributed by atoms with Crippen LogP contribution < -0.4 is 0 Å². The lowest BCUT2D eigenvalue weighted by Crippen LogP contribution is -2.37. The van der Waals surface area contributed by atoms with Gasteiger partial charge >= 0.3 is 0 Å². The number of nitrogens with zero attached hydrogens (tertiary/aromatic N) is 3. The normalized spacial score (nSPS) is 15.6. The Morgan fingerprint density at radius 2 is 1.64 bits per heavy atom. The summed E-state index contributed by atoms with van der Waals surface area (Å²) in [6.45, 7) is 1.17. The van der Waals surface area contributed by atoms with Crippen LogP contribution in [0.4, 0.5) is 4.39 Å². The van der Waals surface area contributed by atoms with Crippen molar-refractivity contribution in [2.75, 3.05) is 26.2 Å². The van der Waals surface area contributed by atoms with E-state index in [0.29, 0.717) is 30.6 Å². The molecule has 8 heteroatoms. The number of rotatable bonds is 3. The highest BCUT2D eigenvalue weighted by atomic mass is 32.2. The largest absolute Gasteiger partial charge is 0.337 e. The lowest BCUT2D eigenvalue weighted by Gasteiger charge is -2.22. The molecule has 0 radical (unpaired) electrons. The Hall–Kier alpha value is -3.36. The second-order valence-electron chi connectivity index (χ2n) is 8.05. The summed E-state index contributed by atoms with van der Waals surface area (Å²) in [5, 5.41) is 2.90. The van der Waals surface area contributed by atoms with Crippen molar-refractivity contribution in [1.29, 1.82) is 0 Å². The van der Waals surface area contributed by atoms with Gasteiger partial charge in [0.05, 0.1) is 16.0 Å². The molecule has 168 valence electrons. The minimum Gasteiger partial charge on any atom is -0.337 e. The van der Waals surface area contributed by atoms with E-state index in [4.69, 9.17) is 0 Å². The maximum Gasteiger partial charge on any atom is 0.256 e. The summed E-state index contributed by atoms with van der Waals surface area (Å²) in [5.74, 6) is -0.650. The predicted octanol–water partition coefficient (Wildman–Crippen LogP) is 4.06. The zero-order chi connectivity index (χ0) is 23.0. The molecule has 1 aliphatic rings. The summed E-state index contributed by atoms with van der Waals surface area (Å²) in [7, 11) is -3.76. The Kier molecular flexibility index (Phi) is 5.55. The smallest absolute Gasteiger partial charge is 0.256 e. The maximum atomic E-state index is 13.6. The van der Waals surface area contributed by atoms with E-state index in [1.54, 1.807) is 11.1 Å². The number of benzene rings is 3. The summed E-state index contributed by atoms with van der Waals surface area (Å²) >= 11 is 0. The number of amides is 1. The van der Waals surface area contributed by atoms with E-state index in [-0.39, 0.29) is 23.9 Å². The number of carbonyl (C=O) groups excluding carboxylic acids is 1. The van der Waals surface area contributed by atoms with Gasteiger partial charge in [-0.05, 0) is 53.6 Å². The molecule has 6 nitrogen and oxygen atoms in total. The van der Waals surface area contributed by atoms with Crippen LogP contribution in [0.3, 0.4) is 0 Å². The Labute approximate surface area is 191 Å². The van der Waals surface area contributed by atoms with Gasteiger partial charge < -0.3 is 4.90 Å². The second-order valence-corrected chi connectivity index (χ2v) is 9.99. The summed E-state index contributed by atoms with van der Waals surface area (Å²) in [6.07, 6.45) is 2.18. The maximum absolute atomic E-state index is 13.6. The van der Waals surface area contributed by atoms with Crippen LogP contribution in [-0.4, -0.2) is 54.7 Å². The molecule has 0 atom stereocenters. The van der Waals surface area contributed by atoms with Crippen molar-refractivity contribution in [3.63, 3.8) is 0 Å². The third kappa shape index (κ3) is 3.96. The molecule has 1 amide bonds. The van der Waals surface area contributed by atoms with E-state index < -0.39 is 15.8 Å². The molecule has 1 aliphatic heterocycles. The Morgan fingerprint density at radius 3 is 2.45 bits per heavy atom.